The van der Waals surface area contributed by atoms with Gasteiger partial charge in [0.25, 0.3) is 0 Å². The lowest BCUT2D eigenvalue weighted by atomic mass is 9.86. The van der Waals surface area contributed by atoms with E-state index in [2.05, 4.69) is 32.9 Å². The number of benzene rings is 1. The molecule has 2 heteroatoms. The first-order valence-corrected chi connectivity index (χ1v) is 5.99. The topological polar surface area (TPSA) is 46.2 Å². The Morgan fingerprint density at radius 1 is 1.25 bits per heavy atom. The van der Waals surface area contributed by atoms with E-state index < -0.39 is 0 Å². The van der Waals surface area contributed by atoms with E-state index in [0.717, 1.165) is 0 Å². The van der Waals surface area contributed by atoms with Gasteiger partial charge in [-0.05, 0) is 42.9 Å². The van der Waals surface area contributed by atoms with Gasteiger partial charge < -0.3 is 10.8 Å². The van der Waals surface area contributed by atoms with Crippen molar-refractivity contribution in [2.24, 2.45) is 17.6 Å². The van der Waals surface area contributed by atoms with E-state index in [0.29, 0.717) is 18.9 Å². The van der Waals surface area contributed by atoms with Crippen LogP contribution >= 0.6 is 0 Å². The van der Waals surface area contributed by atoms with Crippen LogP contribution in [-0.4, -0.2) is 17.8 Å². The van der Waals surface area contributed by atoms with Crippen LogP contribution in [0.25, 0.3) is 0 Å². The fourth-order valence-corrected chi connectivity index (χ4v) is 2.09. The van der Waals surface area contributed by atoms with Crippen molar-refractivity contribution in [3.8, 4) is 0 Å². The van der Waals surface area contributed by atoms with Crippen molar-refractivity contribution in [2.45, 2.75) is 33.3 Å². The highest BCUT2D eigenvalue weighted by molar-refractivity contribution is 5.26. The predicted molar refractivity (Wildman–Crippen MR) is 68.3 cm³/mol. The maximum atomic E-state index is 10.2. The van der Waals surface area contributed by atoms with Crippen molar-refractivity contribution in [1.82, 2.24) is 0 Å². The van der Waals surface area contributed by atoms with Crippen LogP contribution in [0.15, 0.2) is 24.3 Å². The van der Waals surface area contributed by atoms with Crippen LogP contribution < -0.4 is 5.73 Å². The van der Waals surface area contributed by atoms with E-state index in [1.807, 2.05) is 12.1 Å². The molecule has 16 heavy (non-hydrogen) atoms. The molecule has 0 heterocycles. The average molecular weight is 221 g/mol. The fourth-order valence-electron chi connectivity index (χ4n) is 2.09. The minimum absolute atomic E-state index is 0.180. The second-order valence-corrected chi connectivity index (χ2v) is 4.84. The second-order valence-electron chi connectivity index (χ2n) is 4.84. The molecule has 1 aromatic carbocycles. The van der Waals surface area contributed by atoms with Crippen LogP contribution in [0.2, 0.25) is 0 Å². The molecule has 2 unspecified atom stereocenters. The van der Waals surface area contributed by atoms with Crippen LogP contribution in [0.1, 0.15) is 25.0 Å². The van der Waals surface area contributed by atoms with Crippen molar-refractivity contribution in [3.63, 3.8) is 0 Å². The molecule has 0 amide bonds. The first kappa shape index (κ1) is 13.2. The summed E-state index contributed by atoms with van der Waals surface area (Å²) in [5, 5.41) is 10.2. The number of aryl methyl sites for hydroxylation is 1. The summed E-state index contributed by atoms with van der Waals surface area (Å²) in [5.74, 6) is 0.601. The van der Waals surface area contributed by atoms with Gasteiger partial charge in [0.1, 0.15) is 0 Å². The minimum Gasteiger partial charge on any atom is -0.392 e. The smallest absolute Gasteiger partial charge is 0.0623 e. The lowest BCUT2D eigenvalue weighted by Gasteiger charge is -2.25. The van der Waals surface area contributed by atoms with Crippen molar-refractivity contribution < 1.29 is 5.11 Å². The highest BCUT2D eigenvalue weighted by Crippen LogP contribution is 2.19. The Morgan fingerprint density at radius 3 is 2.38 bits per heavy atom. The summed E-state index contributed by atoms with van der Waals surface area (Å²) in [5.41, 5.74) is 8.16. The molecule has 0 fully saturated rings. The summed E-state index contributed by atoms with van der Waals surface area (Å²) in [6, 6.07) is 8.19. The summed E-state index contributed by atoms with van der Waals surface area (Å²) in [6.45, 7) is 6.84. The van der Waals surface area contributed by atoms with E-state index in [4.69, 9.17) is 5.73 Å². The van der Waals surface area contributed by atoms with Crippen LogP contribution in [0, 0.1) is 18.8 Å². The molecular weight excluding hydrogens is 198 g/mol. The molecule has 0 aromatic heterocycles. The standard InChI is InChI=1S/C14H23NO/c1-10(2)13(9-15)14(16)8-12-7-5-4-6-11(12)3/h4-7,10,13-14,16H,8-9,15H2,1-3H3. The first-order valence-electron chi connectivity index (χ1n) is 5.99. The number of nitrogens with two attached hydrogens (primary N) is 1. The van der Waals surface area contributed by atoms with Gasteiger partial charge in [0, 0.05) is 0 Å². The zero-order chi connectivity index (χ0) is 12.1. The van der Waals surface area contributed by atoms with E-state index in [1.165, 1.54) is 11.1 Å². The third-order valence-electron chi connectivity index (χ3n) is 3.31. The maximum absolute atomic E-state index is 10.2. The largest absolute Gasteiger partial charge is 0.392 e. The van der Waals surface area contributed by atoms with Gasteiger partial charge in [0.05, 0.1) is 6.10 Å². The summed E-state index contributed by atoms with van der Waals surface area (Å²) < 4.78 is 0. The molecule has 2 nitrogen and oxygen atoms in total. The van der Waals surface area contributed by atoms with Gasteiger partial charge in [-0.25, -0.2) is 0 Å². The normalized spacial score (nSPS) is 15.1. The molecule has 0 aliphatic carbocycles. The molecule has 0 saturated carbocycles. The number of rotatable bonds is 5. The van der Waals surface area contributed by atoms with E-state index in [-0.39, 0.29) is 12.0 Å². The first-order chi connectivity index (χ1) is 7.56. The minimum atomic E-state index is -0.342. The molecule has 3 N–H and O–H groups in total. The third kappa shape index (κ3) is 3.32. The van der Waals surface area contributed by atoms with Gasteiger partial charge >= 0.3 is 0 Å². The maximum Gasteiger partial charge on any atom is 0.0623 e. The van der Waals surface area contributed by atoms with Crippen LogP contribution in [0.3, 0.4) is 0 Å². The predicted octanol–water partition coefficient (Wildman–Crippen LogP) is 2.13. The van der Waals surface area contributed by atoms with Crippen LogP contribution in [0.4, 0.5) is 0 Å². The quantitative estimate of drug-likeness (QED) is 0.800. The van der Waals surface area contributed by atoms with Crippen molar-refractivity contribution in [2.75, 3.05) is 6.54 Å². The van der Waals surface area contributed by atoms with Gasteiger partial charge in [-0.15, -0.1) is 0 Å². The molecule has 0 bridgehead atoms. The number of aliphatic hydroxyl groups is 1. The van der Waals surface area contributed by atoms with Gasteiger partial charge in [0.15, 0.2) is 0 Å². The highest BCUT2D eigenvalue weighted by Gasteiger charge is 2.21. The molecule has 2 atom stereocenters. The Labute approximate surface area is 98.5 Å². The average Bonchev–Trinajstić information content (AvgIpc) is 2.22. The number of hydrogen-bond acceptors (Lipinski definition) is 2. The Hall–Kier alpha value is -0.860. The Morgan fingerprint density at radius 2 is 1.88 bits per heavy atom. The van der Waals surface area contributed by atoms with Crippen molar-refractivity contribution in [3.05, 3.63) is 35.4 Å². The molecule has 1 aromatic rings. The molecular formula is C14H23NO. The Bertz CT molecular complexity index is 322. The lowest BCUT2D eigenvalue weighted by molar-refractivity contribution is 0.0862. The summed E-state index contributed by atoms with van der Waals surface area (Å²) in [7, 11) is 0. The van der Waals surface area contributed by atoms with E-state index in [9.17, 15) is 5.11 Å². The van der Waals surface area contributed by atoms with Crippen LogP contribution in [0.5, 0.6) is 0 Å². The highest BCUT2D eigenvalue weighted by atomic mass is 16.3. The monoisotopic (exact) mass is 221 g/mol. The molecule has 0 aliphatic heterocycles. The van der Waals surface area contributed by atoms with Crippen molar-refractivity contribution in [1.29, 1.82) is 0 Å². The zero-order valence-electron chi connectivity index (χ0n) is 10.5. The fraction of sp³-hybridized carbons (Fsp3) is 0.571. The number of aliphatic hydroxyl groups excluding tert-OH is 1. The van der Waals surface area contributed by atoms with E-state index in [1.54, 1.807) is 0 Å². The molecule has 0 saturated heterocycles. The zero-order valence-corrected chi connectivity index (χ0v) is 10.5. The Kier molecular flexibility index (Phi) is 4.97. The molecule has 0 aliphatic rings. The lowest BCUT2D eigenvalue weighted by Crippen LogP contribution is -2.33. The van der Waals surface area contributed by atoms with E-state index >= 15 is 0 Å². The van der Waals surface area contributed by atoms with Gasteiger partial charge in [-0.2, -0.15) is 0 Å². The van der Waals surface area contributed by atoms with Crippen LogP contribution in [-0.2, 0) is 6.42 Å². The van der Waals surface area contributed by atoms with Gasteiger partial charge in [0.2, 0.25) is 0 Å². The van der Waals surface area contributed by atoms with Gasteiger partial charge in [-0.1, -0.05) is 38.1 Å². The molecule has 90 valence electrons. The Balaban J connectivity index is 2.70. The van der Waals surface area contributed by atoms with Gasteiger partial charge in [-0.3, -0.25) is 0 Å². The molecule has 0 spiro atoms. The third-order valence-corrected chi connectivity index (χ3v) is 3.31. The SMILES string of the molecule is Cc1ccccc1CC(O)C(CN)C(C)C. The second kappa shape index (κ2) is 6.02. The molecule has 0 radical (unpaired) electrons. The summed E-state index contributed by atoms with van der Waals surface area (Å²) in [6.07, 6.45) is 0.360. The summed E-state index contributed by atoms with van der Waals surface area (Å²) >= 11 is 0. The number of hydrogen-bond donors (Lipinski definition) is 2. The molecule has 1 rings (SSSR count). The van der Waals surface area contributed by atoms with Crippen molar-refractivity contribution >= 4 is 0 Å². The summed E-state index contributed by atoms with van der Waals surface area (Å²) in [4.78, 5) is 0.